The minimum atomic E-state index is -0.487. The molecule has 0 atom stereocenters. The molecule has 1 fully saturated rings. The summed E-state index contributed by atoms with van der Waals surface area (Å²) < 4.78 is 13.8. The molecule has 106 valence electrons. The van der Waals surface area contributed by atoms with E-state index in [0.29, 0.717) is 18.0 Å². The Kier molecular flexibility index (Phi) is 5.14. The summed E-state index contributed by atoms with van der Waals surface area (Å²) in [6, 6.07) is 4.33. The highest BCUT2D eigenvalue weighted by Gasteiger charge is 2.16. The molecule has 2 rings (SSSR count). The molecule has 4 heteroatoms. The van der Waals surface area contributed by atoms with Gasteiger partial charge in [-0.15, -0.1) is 0 Å². The van der Waals surface area contributed by atoms with Crippen molar-refractivity contribution in [2.45, 2.75) is 25.7 Å². The van der Waals surface area contributed by atoms with Crippen LogP contribution < -0.4 is 11.1 Å². The lowest BCUT2D eigenvalue weighted by atomic mass is 10.1. The lowest BCUT2D eigenvalue weighted by Gasteiger charge is -2.10. The van der Waals surface area contributed by atoms with Crippen LogP contribution in [0.2, 0.25) is 0 Å². The number of amides is 1. The second kappa shape index (κ2) is 7.06. The maximum Gasteiger partial charge on any atom is 0.251 e. The van der Waals surface area contributed by atoms with Crippen LogP contribution >= 0.6 is 0 Å². The van der Waals surface area contributed by atoms with Crippen molar-refractivity contribution in [2.75, 3.05) is 13.1 Å². The van der Waals surface area contributed by atoms with Gasteiger partial charge in [0.15, 0.2) is 0 Å². The van der Waals surface area contributed by atoms with E-state index in [9.17, 15) is 9.18 Å². The van der Waals surface area contributed by atoms with Crippen molar-refractivity contribution in [1.29, 1.82) is 0 Å². The molecule has 0 radical (unpaired) electrons. The van der Waals surface area contributed by atoms with Gasteiger partial charge in [0.2, 0.25) is 0 Å². The molecule has 3 N–H and O–H groups in total. The second-order valence-electron chi connectivity index (χ2n) is 5.06. The zero-order valence-electron chi connectivity index (χ0n) is 11.4. The van der Waals surface area contributed by atoms with Gasteiger partial charge in [-0.2, -0.15) is 0 Å². The zero-order valence-corrected chi connectivity index (χ0v) is 11.4. The van der Waals surface area contributed by atoms with Crippen LogP contribution in [0, 0.1) is 23.6 Å². The van der Waals surface area contributed by atoms with E-state index >= 15 is 0 Å². The molecule has 0 aliphatic heterocycles. The Labute approximate surface area is 118 Å². The minimum absolute atomic E-state index is 0.184. The fourth-order valence-electron chi connectivity index (χ4n) is 2.46. The highest BCUT2D eigenvalue weighted by atomic mass is 19.1. The van der Waals surface area contributed by atoms with Crippen LogP contribution in [0.15, 0.2) is 18.2 Å². The summed E-state index contributed by atoms with van der Waals surface area (Å²) in [5, 5.41) is 2.87. The monoisotopic (exact) mass is 274 g/mol. The molecule has 0 spiro atoms. The fraction of sp³-hybridized carbons (Fsp3) is 0.438. The van der Waals surface area contributed by atoms with E-state index in [-0.39, 0.29) is 18.0 Å². The normalized spacial score (nSPS) is 14.7. The molecule has 0 heterocycles. The maximum absolute atomic E-state index is 13.8. The van der Waals surface area contributed by atoms with Gasteiger partial charge >= 0.3 is 0 Å². The molecule has 1 aromatic rings. The van der Waals surface area contributed by atoms with Gasteiger partial charge in [0.1, 0.15) is 5.82 Å². The van der Waals surface area contributed by atoms with E-state index < -0.39 is 5.82 Å². The Morgan fingerprint density at radius 3 is 2.80 bits per heavy atom. The fourth-order valence-corrected chi connectivity index (χ4v) is 2.46. The molecule has 0 bridgehead atoms. The molecule has 1 aliphatic carbocycles. The van der Waals surface area contributed by atoms with Gasteiger partial charge in [-0.1, -0.05) is 24.7 Å². The van der Waals surface area contributed by atoms with E-state index in [4.69, 9.17) is 5.73 Å². The molecule has 0 aromatic heterocycles. The van der Waals surface area contributed by atoms with Crippen molar-refractivity contribution in [2.24, 2.45) is 11.7 Å². The molecular weight excluding hydrogens is 255 g/mol. The average Bonchev–Trinajstić information content (AvgIpc) is 2.96. The Morgan fingerprint density at radius 1 is 1.40 bits per heavy atom. The van der Waals surface area contributed by atoms with E-state index in [0.717, 1.165) is 0 Å². The first-order valence-corrected chi connectivity index (χ1v) is 6.97. The number of benzene rings is 1. The first kappa shape index (κ1) is 14.5. The third kappa shape index (κ3) is 3.82. The standard InChI is InChI=1S/C16H19FN2O/c17-15-10-14(8-7-13(15)6-3-9-18)16(20)19-11-12-4-1-2-5-12/h7-8,10,12H,1-2,4-5,9,11,18H2,(H,19,20). The van der Waals surface area contributed by atoms with Crippen molar-refractivity contribution in [3.05, 3.63) is 35.1 Å². The summed E-state index contributed by atoms with van der Waals surface area (Å²) in [4.78, 5) is 11.9. The van der Waals surface area contributed by atoms with Gasteiger partial charge < -0.3 is 11.1 Å². The minimum Gasteiger partial charge on any atom is -0.352 e. The predicted octanol–water partition coefficient (Wildman–Crippen LogP) is 2.06. The van der Waals surface area contributed by atoms with Gasteiger partial charge in [0.25, 0.3) is 5.91 Å². The summed E-state index contributed by atoms with van der Waals surface area (Å²) in [7, 11) is 0. The summed E-state index contributed by atoms with van der Waals surface area (Å²) in [5.41, 5.74) is 5.84. The molecule has 0 unspecified atom stereocenters. The Hall–Kier alpha value is -1.86. The lowest BCUT2D eigenvalue weighted by molar-refractivity contribution is 0.0947. The highest BCUT2D eigenvalue weighted by Crippen LogP contribution is 2.23. The number of rotatable bonds is 3. The van der Waals surface area contributed by atoms with Crippen molar-refractivity contribution in [1.82, 2.24) is 5.32 Å². The molecule has 20 heavy (non-hydrogen) atoms. The maximum atomic E-state index is 13.8. The van der Waals surface area contributed by atoms with E-state index in [1.54, 1.807) is 6.07 Å². The van der Waals surface area contributed by atoms with Crippen LogP contribution in [-0.4, -0.2) is 19.0 Å². The largest absolute Gasteiger partial charge is 0.352 e. The molecule has 1 amide bonds. The molecule has 3 nitrogen and oxygen atoms in total. The van der Waals surface area contributed by atoms with Crippen molar-refractivity contribution in [3.8, 4) is 11.8 Å². The van der Waals surface area contributed by atoms with Crippen LogP contribution in [0.5, 0.6) is 0 Å². The Bertz CT molecular complexity index is 539. The van der Waals surface area contributed by atoms with Crippen LogP contribution in [-0.2, 0) is 0 Å². The second-order valence-corrected chi connectivity index (χ2v) is 5.06. The van der Waals surface area contributed by atoms with Gasteiger partial charge in [-0.05, 0) is 37.0 Å². The lowest BCUT2D eigenvalue weighted by Crippen LogP contribution is -2.28. The van der Waals surface area contributed by atoms with Gasteiger partial charge in [0.05, 0.1) is 12.1 Å². The average molecular weight is 274 g/mol. The molecular formula is C16H19FN2O. The van der Waals surface area contributed by atoms with Gasteiger partial charge in [0, 0.05) is 12.1 Å². The topological polar surface area (TPSA) is 55.1 Å². The number of carbonyl (C=O) groups is 1. The zero-order chi connectivity index (χ0) is 14.4. The number of nitrogens with one attached hydrogen (secondary N) is 1. The van der Waals surface area contributed by atoms with Crippen molar-refractivity contribution in [3.63, 3.8) is 0 Å². The number of carbonyl (C=O) groups excluding carboxylic acids is 1. The summed E-state index contributed by atoms with van der Waals surface area (Å²) in [6.07, 6.45) is 4.82. The SMILES string of the molecule is NCC#Cc1ccc(C(=O)NCC2CCCC2)cc1F. The smallest absolute Gasteiger partial charge is 0.251 e. The molecule has 1 aliphatic rings. The summed E-state index contributed by atoms with van der Waals surface area (Å²) in [6.45, 7) is 0.859. The number of halogens is 1. The van der Waals surface area contributed by atoms with E-state index in [1.165, 1.54) is 37.8 Å². The molecule has 0 saturated heterocycles. The molecule has 1 saturated carbocycles. The first-order chi connectivity index (χ1) is 9.70. The van der Waals surface area contributed by atoms with E-state index in [2.05, 4.69) is 17.2 Å². The number of nitrogens with two attached hydrogens (primary N) is 1. The summed E-state index contributed by atoms with van der Waals surface area (Å²) >= 11 is 0. The van der Waals surface area contributed by atoms with Crippen LogP contribution in [0.1, 0.15) is 41.6 Å². The molecule has 1 aromatic carbocycles. The summed E-state index contributed by atoms with van der Waals surface area (Å²) in [5.74, 6) is 5.08. The Morgan fingerprint density at radius 2 is 2.15 bits per heavy atom. The van der Waals surface area contributed by atoms with Crippen LogP contribution in [0.25, 0.3) is 0 Å². The Balaban J connectivity index is 1.97. The van der Waals surface area contributed by atoms with Gasteiger partial charge in [-0.25, -0.2) is 4.39 Å². The van der Waals surface area contributed by atoms with Crippen LogP contribution in [0.3, 0.4) is 0 Å². The quantitative estimate of drug-likeness (QED) is 0.829. The number of hydrogen-bond acceptors (Lipinski definition) is 2. The van der Waals surface area contributed by atoms with Crippen molar-refractivity contribution >= 4 is 5.91 Å². The third-order valence-corrected chi connectivity index (χ3v) is 3.58. The highest BCUT2D eigenvalue weighted by molar-refractivity contribution is 5.94. The van der Waals surface area contributed by atoms with Crippen LogP contribution in [0.4, 0.5) is 4.39 Å². The third-order valence-electron chi connectivity index (χ3n) is 3.58. The van der Waals surface area contributed by atoms with Crippen molar-refractivity contribution < 1.29 is 9.18 Å². The first-order valence-electron chi connectivity index (χ1n) is 6.97. The predicted molar refractivity (Wildman–Crippen MR) is 76.6 cm³/mol. The van der Waals surface area contributed by atoms with Gasteiger partial charge in [-0.3, -0.25) is 4.79 Å². The number of hydrogen-bond donors (Lipinski definition) is 2. The van der Waals surface area contributed by atoms with E-state index in [1.807, 2.05) is 0 Å².